The minimum absolute atomic E-state index is 0.0437. The van der Waals surface area contributed by atoms with Crippen LogP contribution in [0, 0.1) is 17.8 Å². The second-order valence-electron chi connectivity index (χ2n) is 5.23. The van der Waals surface area contributed by atoms with E-state index in [4.69, 9.17) is 4.74 Å². The lowest BCUT2D eigenvalue weighted by molar-refractivity contribution is -0.135. The molecule has 2 aliphatic rings. The van der Waals surface area contributed by atoms with Crippen LogP contribution in [-0.4, -0.2) is 35.7 Å². The van der Waals surface area contributed by atoms with Crippen LogP contribution >= 0.6 is 0 Å². The summed E-state index contributed by atoms with van der Waals surface area (Å²) in [6.45, 7) is 5.66. The van der Waals surface area contributed by atoms with Crippen LogP contribution in [-0.2, 0) is 14.3 Å². The van der Waals surface area contributed by atoms with Gasteiger partial charge in [-0.15, -0.1) is 0 Å². The standard InChI is InChI=1S/C13H19NO4/c1-6-4-9(13(17)14-12(6)16)11-8(3)7(2)10(5-15)18-11/h4,7-11,15H,5H2,1-3H3,(H,14,16,17). The number of aliphatic hydroxyl groups is 1. The first kappa shape index (κ1) is 13.2. The molecule has 2 heterocycles. The molecule has 0 spiro atoms. The summed E-state index contributed by atoms with van der Waals surface area (Å²) in [5, 5.41) is 11.6. The molecule has 100 valence electrons. The molecule has 2 amide bonds. The Bertz CT molecular complexity index is 404. The number of hydrogen-bond donors (Lipinski definition) is 2. The third kappa shape index (κ3) is 2.08. The van der Waals surface area contributed by atoms with Gasteiger partial charge in [-0.2, -0.15) is 0 Å². The molecular formula is C13H19NO4. The molecule has 0 radical (unpaired) electrons. The molecule has 2 aliphatic heterocycles. The number of hydrogen-bond acceptors (Lipinski definition) is 4. The Balaban J connectivity index is 2.22. The SMILES string of the molecule is CC1=CC(C2OC(CO)C(C)C2C)C(=O)NC1=O. The van der Waals surface area contributed by atoms with Crippen LogP contribution in [0.15, 0.2) is 11.6 Å². The molecule has 0 aromatic heterocycles. The Morgan fingerprint density at radius 3 is 2.56 bits per heavy atom. The summed E-state index contributed by atoms with van der Waals surface area (Å²) in [5.41, 5.74) is 0.538. The number of ether oxygens (including phenoxy) is 1. The molecule has 1 fully saturated rings. The number of imide groups is 1. The maximum Gasteiger partial charge on any atom is 0.253 e. The quantitative estimate of drug-likeness (QED) is 0.691. The highest BCUT2D eigenvalue weighted by atomic mass is 16.5. The number of carbonyl (C=O) groups is 2. The van der Waals surface area contributed by atoms with Gasteiger partial charge in [-0.1, -0.05) is 19.9 Å². The molecular weight excluding hydrogens is 234 g/mol. The van der Waals surface area contributed by atoms with E-state index in [1.807, 2.05) is 13.8 Å². The number of carbonyl (C=O) groups excluding carboxylic acids is 2. The van der Waals surface area contributed by atoms with Gasteiger partial charge in [0.2, 0.25) is 5.91 Å². The molecule has 18 heavy (non-hydrogen) atoms. The molecule has 0 aromatic rings. The molecule has 1 saturated heterocycles. The lowest BCUT2D eigenvalue weighted by atomic mass is 9.83. The van der Waals surface area contributed by atoms with Crippen molar-refractivity contribution in [3.63, 3.8) is 0 Å². The highest BCUT2D eigenvalue weighted by Crippen LogP contribution is 2.37. The van der Waals surface area contributed by atoms with Crippen molar-refractivity contribution < 1.29 is 19.4 Å². The van der Waals surface area contributed by atoms with Crippen LogP contribution in [0.25, 0.3) is 0 Å². The van der Waals surface area contributed by atoms with E-state index >= 15 is 0 Å². The molecule has 5 atom stereocenters. The van der Waals surface area contributed by atoms with E-state index in [-0.39, 0.29) is 42.5 Å². The van der Waals surface area contributed by atoms with E-state index in [0.29, 0.717) is 5.57 Å². The van der Waals surface area contributed by atoms with Crippen molar-refractivity contribution in [1.29, 1.82) is 0 Å². The predicted molar refractivity (Wildman–Crippen MR) is 64.5 cm³/mol. The van der Waals surface area contributed by atoms with Gasteiger partial charge in [-0.3, -0.25) is 14.9 Å². The summed E-state index contributed by atoms with van der Waals surface area (Å²) in [6.07, 6.45) is 1.17. The van der Waals surface area contributed by atoms with E-state index in [1.165, 1.54) is 0 Å². The highest BCUT2D eigenvalue weighted by molar-refractivity contribution is 6.08. The van der Waals surface area contributed by atoms with Crippen molar-refractivity contribution in [3.05, 3.63) is 11.6 Å². The topological polar surface area (TPSA) is 75.6 Å². The largest absolute Gasteiger partial charge is 0.394 e. The van der Waals surface area contributed by atoms with E-state index in [0.717, 1.165) is 0 Å². The van der Waals surface area contributed by atoms with Crippen LogP contribution in [0.2, 0.25) is 0 Å². The van der Waals surface area contributed by atoms with Crippen LogP contribution < -0.4 is 5.32 Å². The third-order valence-corrected chi connectivity index (χ3v) is 4.13. The first-order valence-corrected chi connectivity index (χ1v) is 6.25. The lowest BCUT2D eigenvalue weighted by Crippen LogP contribution is -2.45. The normalized spacial score (nSPS) is 40.7. The van der Waals surface area contributed by atoms with Gasteiger partial charge < -0.3 is 9.84 Å². The fourth-order valence-electron chi connectivity index (χ4n) is 2.67. The minimum Gasteiger partial charge on any atom is -0.394 e. The van der Waals surface area contributed by atoms with Crippen molar-refractivity contribution in [3.8, 4) is 0 Å². The lowest BCUT2D eigenvalue weighted by Gasteiger charge is -2.26. The first-order chi connectivity index (χ1) is 8.45. The van der Waals surface area contributed by atoms with Crippen LogP contribution in [0.5, 0.6) is 0 Å². The smallest absolute Gasteiger partial charge is 0.253 e. The molecule has 0 saturated carbocycles. The maximum absolute atomic E-state index is 11.9. The van der Waals surface area contributed by atoms with Gasteiger partial charge in [0.05, 0.1) is 24.7 Å². The molecule has 0 bridgehead atoms. The van der Waals surface area contributed by atoms with Crippen molar-refractivity contribution in [2.75, 3.05) is 6.61 Å². The first-order valence-electron chi connectivity index (χ1n) is 6.25. The Morgan fingerprint density at radius 1 is 1.33 bits per heavy atom. The zero-order valence-electron chi connectivity index (χ0n) is 10.8. The Morgan fingerprint density at radius 2 is 2.00 bits per heavy atom. The fraction of sp³-hybridized carbons (Fsp3) is 0.692. The second-order valence-corrected chi connectivity index (χ2v) is 5.23. The Hall–Kier alpha value is -1.20. The third-order valence-electron chi connectivity index (χ3n) is 4.13. The summed E-state index contributed by atoms with van der Waals surface area (Å²) in [6, 6.07) is 0. The average molecular weight is 253 g/mol. The van der Waals surface area contributed by atoms with Gasteiger partial charge in [-0.05, 0) is 18.8 Å². The van der Waals surface area contributed by atoms with Crippen molar-refractivity contribution in [2.24, 2.45) is 17.8 Å². The van der Waals surface area contributed by atoms with E-state index in [2.05, 4.69) is 5.32 Å². The van der Waals surface area contributed by atoms with Crippen molar-refractivity contribution in [1.82, 2.24) is 5.32 Å². The van der Waals surface area contributed by atoms with Gasteiger partial charge in [0.15, 0.2) is 0 Å². The number of amides is 2. The fourth-order valence-corrected chi connectivity index (χ4v) is 2.67. The molecule has 5 heteroatoms. The summed E-state index contributed by atoms with van der Waals surface area (Å²) in [4.78, 5) is 23.2. The van der Waals surface area contributed by atoms with Gasteiger partial charge in [-0.25, -0.2) is 0 Å². The monoisotopic (exact) mass is 253 g/mol. The zero-order valence-corrected chi connectivity index (χ0v) is 10.8. The van der Waals surface area contributed by atoms with Crippen molar-refractivity contribution >= 4 is 11.8 Å². The molecule has 5 nitrogen and oxygen atoms in total. The summed E-state index contributed by atoms with van der Waals surface area (Å²) >= 11 is 0. The highest BCUT2D eigenvalue weighted by Gasteiger charge is 2.45. The van der Waals surface area contributed by atoms with Crippen LogP contribution in [0.1, 0.15) is 20.8 Å². The van der Waals surface area contributed by atoms with Crippen molar-refractivity contribution in [2.45, 2.75) is 33.0 Å². The second kappa shape index (κ2) is 4.82. The van der Waals surface area contributed by atoms with Crippen LogP contribution in [0.4, 0.5) is 0 Å². The number of nitrogens with one attached hydrogen (secondary N) is 1. The molecule has 2 N–H and O–H groups in total. The van der Waals surface area contributed by atoms with E-state index in [9.17, 15) is 14.7 Å². The Labute approximate surface area is 106 Å². The Kier molecular flexibility index (Phi) is 3.54. The summed E-state index contributed by atoms with van der Waals surface area (Å²) in [5.74, 6) is -0.743. The number of aliphatic hydroxyl groups excluding tert-OH is 1. The molecule has 5 unspecified atom stereocenters. The van der Waals surface area contributed by atoms with E-state index < -0.39 is 5.92 Å². The average Bonchev–Trinajstić information content (AvgIpc) is 2.61. The maximum atomic E-state index is 11.9. The summed E-state index contributed by atoms with van der Waals surface area (Å²) in [7, 11) is 0. The molecule has 2 rings (SSSR count). The molecule has 0 aromatic carbocycles. The van der Waals surface area contributed by atoms with Gasteiger partial charge in [0.25, 0.3) is 5.91 Å². The number of rotatable bonds is 2. The van der Waals surface area contributed by atoms with Gasteiger partial charge >= 0.3 is 0 Å². The van der Waals surface area contributed by atoms with Gasteiger partial charge in [0.1, 0.15) is 0 Å². The van der Waals surface area contributed by atoms with Crippen LogP contribution in [0.3, 0.4) is 0 Å². The van der Waals surface area contributed by atoms with Gasteiger partial charge in [0, 0.05) is 5.57 Å². The minimum atomic E-state index is -0.448. The van der Waals surface area contributed by atoms with E-state index in [1.54, 1.807) is 13.0 Å². The zero-order chi connectivity index (χ0) is 13.4. The molecule has 0 aliphatic carbocycles. The predicted octanol–water partition coefficient (Wildman–Crippen LogP) is 0.237. The summed E-state index contributed by atoms with van der Waals surface area (Å²) < 4.78 is 5.76.